The fraction of sp³-hybridized carbons (Fsp3) is 0.273. The predicted octanol–water partition coefficient (Wildman–Crippen LogP) is -0.197. The summed E-state index contributed by atoms with van der Waals surface area (Å²) in [4.78, 5) is 49.1. The highest BCUT2D eigenvalue weighted by Crippen LogP contribution is 2.29. The average molecular weight is 492 g/mol. The number of phenols is 4. The minimum Gasteiger partial charge on any atom is -0.504 e. The zero-order valence-electron chi connectivity index (χ0n) is 18.5. The highest BCUT2D eigenvalue weighted by molar-refractivity contribution is 6.00. The maximum atomic E-state index is 12.6. The molecule has 2 aromatic carbocycles. The standard InChI is InChI=1S/C22H24N2O11/c1-9(25)15(23-19(30)11-5-3-7-13(26)17(11)28)22(34)35-10(2)16(21(32)33)24-20(31)12-6-4-8-14(27)18(12)29/h3-10,15-16,25-29H,1-2H3,(H,23,30)(H,24,31)(H,32,33)/t9?,10?,15-,16-/m1/s1. The summed E-state index contributed by atoms with van der Waals surface area (Å²) in [6.07, 6.45) is -3.06. The van der Waals surface area contributed by atoms with Crippen molar-refractivity contribution in [3.05, 3.63) is 47.5 Å². The van der Waals surface area contributed by atoms with Gasteiger partial charge in [0, 0.05) is 0 Å². The Kier molecular flexibility index (Phi) is 8.45. The lowest BCUT2D eigenvalue weighted by Crippen LogP contribution is -2.53. The molecule has 0 heterocycles. The second-order valence-electron chi connectivity index (χ2n) is 7.47. The zero-order chi connectivity index (χ0) is 26.4. The van der Waals surface area contributed by atoms with Crippen LogP contribution in [0.15, 0.2) is 36.4 Å². The first-order chi connectivity index (χ1) is 16.3. The van der Waals surface area contributed by atoms with Gasteiger partial charge in [-0.05, 0) is 38.1 Å². The van der Waals surface area contributed by atoms with Crippen LogP contribution in [0, 0.1) is 0 Å². The van der Waals surface area contributed by atoms with Crippen LogP contribution in [-0.4, -0.2) is 78.7 Å². The predicted molar refractivity (Wildman–Crippen MR) is 117 cm³/mol. The highest BCUT2D eigenvalue weighted by Gasteiger charge is 2.35. The van der Waals surface area contributed by atoms with Crippen LogP contribution in [-0.2, 0) is 14.3 Å². The molecule has 0 saturated carbocycles. The highest BCUT2D eigenvalue weighted by atomic mass is 16.5. The van der Waals surface area contributed by atoms with E-state index in [1.807, 2.05) is 0 Å². The lowest BCUT2D eigenvalue weighted by atomic mass is 10.1. The van der Waals surface area contributed by atoms with E-state index in [1.165, 1.54) is 12.1 Å². The van der Waals surface area contributed by atoms with E-state index in [-0.39, 0.29) is 0 Å². The van der Waals surface area contributed by atoms with Gasteiger partial charge in [-0.2, -0.15) is 0 Å². The summed E-state index contributed by atoms with van der Waals surface area (Å²) in [5, 5.41) is 62.3. The molecule has 0 aliphatic carbocycles. The number of amides is 2. The van der Waals surface area contributed by atoms with Gasteiger partial charge < -0.3 is 46.0 Å². The van der Waals surface area contributed by atoms with Crippen LogP contribution in [0.5, 0.6) is 23.0 Å². The molecule has 188 valence electrons. The molecular formula is C22H24N2O11. The van der Waals surface area contributed by atoms with Gasteiger partial charge in [0.1, 0.15) is 6.10 Å². The SMILES string of the molecule is CC(O)[C@@H](NC(=O)c1cccc(O)c1O)C(=O)OC(C)[C@@H](NC(=O)c1cccc(O)c1O)C(=O)O. The van der Waals surface area contributed by atoms with Crippen LogP contribution in [0.4, 0.5) is 0 Å². The Bertz CT molecular complexity index is 1130. The normalized spacial score (nSPS) is 14.1. The van der Waals surface area contributed by atoms with E-state index < -0.39 is 82.2 Å². The lowest BCUT2D eigenvalue weighted by molar-refractivity contribution is -0.158. The van der Waals surface area contributed by atoms with Crippen molar-refractivity contribution in [1.29, 1.82) is 0 Å². The fourth-order valence-corrected chi connectivity index (χ4v) is 2.95. The third-order valence-corrected chi connectivity index (χ3v) is 4.87. The molecule has 2 amide bonds. The van der Waals surface area contributed by atoms with E-state index in [0.717, 1.165) is 38.1 Å². The molecule has 13 heteroatoms. The van der Waals surface area contributed by atoms with Gasteiger partial charge in [-0.1, -0.05) is 12.1 Å². The quantitative estimate of drug-likeness (QED) is 0.169. The fourth-order valence-electron chi connectivity index (χ4n) is 2.95. The molecule has 0 spiro atoms. The van der Waals surface area contributed by atoms with Gasteiger partial charge in [-0.25, -0.2) is 9.59 Å². The molecule has 0 aliphatic heterocycles. The van der Waals surface area contributed by atoms with E-state index in [1.54, 1.807) is 0 Å². The molecule has 35 heavy (non-hydrogen) atoms. The number of aliphatic carboxylic acids is 1. The number of aliphatic hydroxyl groups excluding tert-OH is 1. The Balaban J connectivity index is 2.16. The largest absolute Gasteiger partial charge is 0.504 e. The van der Waals surface area contributed by atoms with Crippen molar-refractivity contribution in [2.45, 2.75) is 38.1 Å². The number of para-hydroxylation sites is 2. The summed E-state index contributed by atoms with van der Waals surface area (Å²) < 4.78 is 5.05. The first-order valence-electron chi connectivity index (χ1n) is 10.1. The number of carboxylic acids is 1. The summed E-state index contributed by atoms with van der Waals surface area (Å²) >= 11 is 0. The van der Waals surface area contributed by atoms with Gasteiger partial charge >= 0.3 is 11.9 Å². The molecule has 13 nitrogen and oxygen atoms in total. The van der Waals surface area contributed by atoms with Gasteiger partial charge in [-0.3, -0.25) is 9.59 Å². The van der Waals surface area contributed by atoms with Crippen LogP contribution in [0.2, 0.25) is 0 Å². The number of rotatable bonds is 9. The number of esters is 1. The van der Waals surface area contributed by atoms with Gasteiger partial charge in [0.25, 0.3) is 11.8 Å². The Morgan fingerprint density at radius 2 is 1.20 bits per heavy atom. The first kappa shape index (κ1) is 26.7. The number of carboxylic acid groups (broad SMARTS) is 1. The Labute approximate surface area is 198 Å². The van der Waals surface area contributed by atoms with Crippen LogP contribution in [0.3, 0.4) is 0 Å². The number of nitrogens with one attached hydrogen (secondary N) is 2. The second kappa shape index (κ2) is 11.1. The van der Waals surface area contributed by atoms with Crippen LogP contribution >= 0.6 is 0 Å². The number of ether oxygens (including phenoxy) is 1. The monoisotopic (exact) mass is 492 g/mol. The lowest BCUT2D eigenvalue weighted by Gasteiger charge is -2.26. The van der Waals surface area contributed by atoms with Gasteiger partial charge in [-0.15, -0.1) is 0 Å². The summed E-state index contributed by atoms with van der Waals surface area (Å²) in [5.41, 5.74) is -0.840. The van der Waals surface area contributed by atoms with Crippen molar-refractivity contribution >= 4 is 23.8 Å². The molecule has 2 unspecified atom stereocenters. The number of carbonyl (C=O) groups is 4. The molecule has 2 rings (SSSR count). The van der Waals surface area contributed by atoms with Gasteiger partial charge in [0.15, 0.2) is 35.1 Å². The Morgan fingerprint density at radius 1 is 0.771 bits per heavy atom. The number of phenolic OH excluding ortho intramolecular Hbond substituents is 4. The number of carbonyl (C=O) groups excluding carboxylic acids is 3. The van der Waals surface area contributed by atoms with Gasteiger partial charge in [0.2, 0.25) is 0 Å². The molecule has 0 saturated heterocycles. The third-order valence-electron chi connectivity index (χ3n) is 4.87. The molecule has 2 aromatic rings. The van der Waals surface area contributed by atoms with E-state index in [2.05, 4.69) is 10.6 Å². The minimum absolute atomic E-state index is 0.405. The third kappa shape index (κ3) is 6.29. The van der Waals surface area contributed by atoms with Crippen LogP contribution < -0.4 is 10.6 Å². The van der Waals surface area contributed by atoms with Crippen LogP contribution in [0.1, 0.15) is 34.6 Å². The van der Waals surface area contributed by atoms with E-state index in [4.69, 9.17) is 4.74 Å². The maximum absolute atomic E-state index is 12.6. The van der Waals surface area contributed by atoms with Crippen molar-refractivity contribution < 1.29 is 54.6 Å². The number of aromatic hydroxyl groups is 4. The van der Waals surface area contributed by atoms with E-state index in [9.17, 15) is 49.8 Å². The summed E-state index contributed by atoms with van der Waals surface area (Å²) in [7, 11) is 0. The number of benzene rings is 2. The molecule has 0 radical (unpaired) electrons. The van der Waals surface area contributed by atoms with Crippen LogP contribution in [0.25, 0.3) is 0 Å². The second-order valence-corrected chi connectivity index (χ2v) is 7.47. The number of hydrogen-bond acceptors (Lipinski definition) is 10. The molecule has 0 aliphatic rings. The molecule has 0 bridgehead atoms. The average Bonchev–Trinajstić information content (AvgIpc) is 2.78. The molecule has 8 N–H and O–H groups in total. The maximum Gasteiger partial charge on any atom is 0.331 e. The summed E-state index contributed by atoms with van der Waals surface area (Å²) in [5.74, 6) is -7.77. The number of aliphatic hydroxyl groups is 1. The Hall–Kier alpha value is -4.52. The van der Waals surface area contributed by atoms with Crippen molar-refractivity contribution in [3.63, 3.8) is 0 Å². The zero-order valence-corrected chi connectivity index (χ0v) is 18.5. The smallest absolute Gasteiger partial charge is 0.331 e. The van der Waals surface area contributed by atoms with E-state index in [0.29, 0.717) is 0 Å². The van der Waals surface area contributed by atoms with Gasteiger partial charge in [0.05, 0.1) is 17.2 Å². The van der Waals surface area contributed by atoms with Crippen molar-refractivity contribution in [1.82, 2.24) is 10.6 Å². The molecule has 4 atom stereocenters. The van der Waals surface area contributed by atoms with Crippen molar-refractivity contribution in [2.75, 3.05) is 0 Å². The topological polar surface area (TPSA) is 223 Å². The summed E-state index contributed by atoms with van der Waals surface area (Å²) in [6.45, 7) is 2.27. The molecular weight excluding hydrogens is 468 g/mol. The summed E-state index contributed by atoms with van der Waals surface area (Å²) in [6, 6.07) is 3.44. The van der Waals surface area contributed by atoms with E-state index >= 15 is 0 Å². The Morgan fingerprint density at radius 3 is 1.60 bits per heavy atom. The minimum atomic E-state index is -1.83. The first-order valence-corrected chi connectivity index (χ1v) is 10.1. The number of hydrogen-bond donors (Lipinski definition) is 8. The molecule has 0 aromatic heterocycles. The van der Waals surface area contributed by atoms with Crippen molar-refractivity contribution in [3.8, 4) is 23.0 Å². The van der Waals surface area contributed by atoms with Crippen molar-refractivity contribution in [2.24, 2.45) is 0 Å². The molecule has 0 fully saturated rings.